The Kier molecular flexibility index (Phi) is 2.58. The number of H-pyrrole nitrogens is 1. The van der Waals surface area contributed by atoms with Crippen LogP contribution in [0.15, 0.2) is 24.4 Å². The van der Waals surface area contributed by atoms with Crippen molar-refractivity contribution in [2.75, 3.05) is 0 Å². The Morgan fingerprint density at radius 3 is 2.94 bits per heavy atom. The van der Waals surface area contributed by atoms with Gasteiger partial charge in [-0.05, 0) is 42.5 Å². The normalized spacial score (nSPS) is 16.9. The number of aliphatic carboxylic acids is 1. The molecule has 1 aliphatic rings. The maximum Gasteiger partial charge on any atom is 0.303 e. The zero-order valence-corrected chi connectivity index (χ0v) is 9.82. The molecule has 1 aliphatic carbocycles. The first-order chi connectivity index (χ1) is 8.65. The second-order valence-electron chi connectivity index (χ2n) is 4.98. The number of fused-ring (bicyclic) bond motifs is 1. The van der Waals surface area contributed by atoms with Crippen LogP contribution in [-0.4, -0.2) is 16.1 Å². The largest absolute Gasteiger partial charge is 0.481 e. The van der Waals surface area contributed by atoms with Crippen molar-refractivity contribution < 1.29 is 14.3 Å². The van der Waals surface area contributed by atoms with Crippen molar-refractivity contribution in [1.82, 2.24) is 4.98 Å². The Morgan fingerprint density at radius 1 is 1.50 bits per heavy atom. The molecule has 94 valence electrons. The second-order valence-corrected chi connectivity index (χ2v) is 4.98. The van der Waals surface area contributed by atoms with Crippen LogP contribution >= 0.6 is 0 Å². The van der Waals surface area contributed by atoms with Crippen LogP contribution in [0, 0.1) is 11.7 Å². The Hall–Kier alpha value is -1.84. The molecule has 18 heavy (non-hydrogen) atoms. The monoisotopic (exact) mass is 247 g/mol. The summed E-state index contributed by atoms with van der Waals surface area (Å²) in [5, 5.41) is 9.78. The summed E-state index contributed by atoms with van der Waals surface area (Å²) in [6.45, 7) is 0. The molecular weight excluding hydrogens is 233 g/mol. The van der Waals surface area contributed by atoms with Crippen LogP contribution in [-0.2, 0) is 4.79 Å². The molecule has 0 bridgehead atoms. The van der Waals surface area contributed by atoms with Gasteiger partial charge in [0.2, 0.25) is 0 Å². The lowest BCUT2D eigenvalue weighted by atomic mass is 9.90. The van der Waals surface area contributed by atoms with E-state index in [1.165, 1.54) is 6.07 Å². The summed E-state index contributed by atoms with van der Waals surface area (Å²) < 4.78 is 14.1. The third-order valence-corrected chi connectivity index (χ3v) is 3.66. The van der Waals surface area contributed by atoms with Crippen molar-refractivity contribution in [2.45, 2.75) is 25.2 Å². The third kappa shape index (κ3) is 1.98. The molecule has 1 aromatic carbocycles. The van der Waals surface area contributed by atoms with Crippen molar-refractivity contribution in [3.63, 3.8) is 0 Å². The van der Waals surface area contributed by atoms with Gasteiger partial charge >= 0.3 is 5.97 Å². The molecule has 1 fully saturated rings. The van der Waals surface area contributed by atoms with Gasteiger partial charge in [-0.1, -0.05) is 0 Å². The number of rotatable bonds is 4. The van der Waals surface area contributed by atoms with Crippen LogP contribution in [0.1, 0.15) is 30.7 Å². The van der Waals surface area contributed by atoms with Crippen LogP contribution in [0.4, 0.5) is 4.39 Å². The Bertz CT molecular complexity index is 601. The van der Waals surface area contributed by atoms with E-state index in [4.69, 9.17) is 5.11 Å². The summed E-state index contributed by atoms with van der Waals surface area (Å²) in [5.41, 5.74) is 1.40. The number of aromatic nitrogens is 1. The van der Waals surface area contributed by atoms with Gasteiger partial charge in [0.15, 0.2) is 0 Å². The molecule has 2 aromatic rings. The van der Waals surface area contributed by atoms with Gasteiger partial charge in [0.25, 0.3) is 0 Å². The number of aromatic amines is 1. The van der Waals surface area contributed by atoms with Crippen molar-refractivity contribution >= 4 is 16.9 Å². The maximum absolute atomic E-state index is 14.1. The first-order valence-electron chi connectivity index (χ1n) is 6.13. The predicted molar refractivity (Wildman–Crippen MR) is 66.0 cm³/mol. The van der Waals surface area contributed by atoms with E-state index in [1.807, 2.05) is 6.07 Å². The van der Waals surface area contributed by atoms with E-state index in [0.717, 1.165) is 23.7 Å². The molecule has 4 heteroatoms. The van der Waals surface area contributed by atoms with Crippen LogP contribution in [0.25, 0.3) is 10.9 Å². The molecule has 0 saturated heterocycles. The number of hydrogen-bond acceptors (Lipinski definition) is 1. The van der Waals surface area contributed by atoms with Crippen LogP contribution < -0.4 is 0 Å². The molecule has 1 saturated carbocycles. The summed E-state index contributed by atoms with van der Waals surface area (Å²) in [4.78, 5) is 14.0. The second kappa shape index (κ2) is 4.12. The lowest BCUT2D eigenvalue weighted by molar-refractivity contribution is -0.137. The molecule has 0 aliphatic heterocycles. The van der Waals surface area contributed by atoms with Gasteiger partial charge in [-0.25, -0.2) is 4.39 Å². The smallest absolute Gasteiger partial charge is 0.303 e. The first kappa shape index (κ1) is 11.3. The molecule has 0 radical (unpaired) electrons. The van der Waals surface area contributed by atoms with Gasteiger partial charge in [0.1, 0.15) is 5.82 Å². The van der Waals surface area contributed by atoms with Gasteiger partial charge in [-0.15, -0.1) is 0 Å². The number of carbonyl (C=O) groups is 1. The summed E-state index contributed by atoms with van der Waals surface area (Å²) in [6, 6.07) is 5.06. The van der Waals surface area contributed by atoms with Crippen molar-refractivity contribution in [1.29, 1.82) is 0 Å². The Labute approximate surface area is 104 Å². The van der Waals surface area contributed by atoms with Gasteiger partial charge in [0, 0.05) is 23.0 Å². The Morgan fingerprint density at radius 2 is 2.28 bits per heavy atom. The fourth-order valence-corrected chi connectivity index (χ4v) is 2.59. The molecule has 1 atom stereocenters. The quantitative estimate of drug-likeness (QED) is 0.871. The molecule has 0 spiro atoms. The lowest BCUT2D eigenvalue weighted by Gasteiger charge is -2.15. The lowest BCUT2D eigenvalue weighted by Crippen LogP contribution is -2.10. The molecular formula is C14H14FNO2. The number of carboxylic acids is 1. The minimum Gasteiger partial charge on any atom is -0.481 e. The first-order valence-corrected chi connectivity index (χ1v) is 6.13. The highest BCUT2D eigenvalue weighted by Gasteiger charge is 2.35. The SMILES string of the molecule is O=C(O)CC(c1cc2[nH]ccc2cc1F)C1CC1. The van der Waals surface area contributed by atoms with Crippen LogP contribution in [0.5, 0.6) is 0 Å². The molecule has 3 rings (SSSR count). The van der Waals surface area contributed by atoms with E-state index >= 15 is 0 Å². The molecule has 1 heterocycles. The number of halogens is 1. The fourth-order valence-electron chi connectivity index (χ4n) is 2.59. The van der Waals surface area contributed by atoms with Crippen LogP contribution in [0.2, 0.25) is 0 Å². The number of carboxylic acid groups (broad SMARTS) is 1. The fraction of sp³-hybridized carbons (Fsp3) is 0.357. The number of benzene rings is 1. The summed E-state index contributed by atoms with van der Waals surface area (Å²) in [6.07, 6.45) is 3.77. The zero-order valence-electron chi connectivity index (χ0n) is 9.82. The minimum absolute atomic E-state index is 0.00774. The number of nitrogens with one attached hydrogen (secondary N) is 1. The van der Waals surface area contributed by atoms with E-state index in [1.54, 1.807) is 12.3 Å². The van der Waals surface area contributed by atoms with E-state index in [2.05, 4.69) is 4.98 Å². The molecule has 1 aromatic heterocycles. The summed E-state index contributed by atoms with van der Waals surface area (Å²) >= 11 is 0. The van der Waals surface area contributed by atoms with Gasteiger partial charge < -0.3 is 10.1 Å². The highest BCUT2D eigenvalue weighted by atomic mass is 19.1. The van der Waals surface area contributed by atoms with Gasteiger partial charge in [-0.3, -0.25) is 4.79 Å². The van der Waals surface area contributed by atoms with Crippen molar-refractivity contribution in [3.05, 3.63) is 35.8 Å². The zero-order chi connectivity index (χ0) is 12.7. The molecule has 3 nitrogen and oxygen atoms in total. The van der Waals surface area contributed by atoms with E-state index in [9.17, 15) is 9.18 Å². The topological polar surface area (TPSA) is 53.1 Å². The highest BCUT2D eigenvalue weighted by molar-refractivity contribution is 5.80. The van der Waals surface area contributed by atoms with E-state index in [-0.39, 0.29) is 18.2 Å². The third-order valence-electron chi connectivity index (χ3n) is 3.66. The van der Waals surface area contributed by atoms with Crippen LogP contribution in [0.3, 0.4) is 0 Å². The van der Waals surface area contributed by atoms with Gasteiger partial charge in [-0.2, -0.15) is 0 Å². The molecule has 0 amide bonds. The van der Waals surface area contributed by atoms with Crippen molar-refractivity contribution in [3.8, 4) is 0 Å². The summed E-state index contributed by atoms with van der Waals surface area (Å²) in [5.74, 6) is -1.03. The number of hydrogen-bond donors (Lipinski definition) is 2. The minimum atomic E-state index is -0.863. The predicted octanol–water partition coefficient (Wildman–Crippen LogP) is 3.28. The van der Waals surface area contributed by atoms with E-state index < -0.39 is 5.97 Å². The summed E-state index contributed by atoms with van der Waals surface area (Å²) in [7, 11) is 0. The average molecular weight is 247 g/mol. The molecule has 1 unspecified atom stereocenters. The van der Waals surface area contributed by atoms with Gasteiger partial charge in [0.05, 0.1) is 6.42 Å². The highest BCUT2D eigenvalue weighted by Crippen LogP contribution is 2.45. The maximum atomic E-state index is 14.1. The molecule has 2 N–H and O–H groups in total. The van der Waals surface area contributed by atoms with E-state index in [0.29, 0.717) is 11.5 Å². The van der Waals surface area contributed by atoms with Crippen molar-refractivity contribution in [2.24, 2.45) is 5.92 Å². The standard InChI is InChI=1S/C14H14FNO2/c15-12-5-9-3-4-16-13(9)6-11(12)10(7-14(17)18)8-1-2-8/h3-6,8,10,16H,1-2,7H2,(H,17,18). The average Bonchev–Trinajstić information content (AvgIpc) is 3.05. The Balaban J connectivity index is 2.04.